The van der Waals surface area contributed by atoms with E-state index in [1.165, 1.54) is 0 Å². The van der Waals surface area contributed by atoms with Gasteiger partial charge < -0.3 is 9.63 Å². The molecule has 6 heteroatoms. The van der Waals surface area contributed by atoms with Gasteiger partial charge >= 0.3 is 0 Å². The van der Waals surface area contributed by atoms with Crippen molar-refractivity contribution in [3.63, 3.8) is 0 Å². The van der Waals surface area contributed by atoms with Crippen molar-refractivity contribution in [3.05, 3.63) is 30.3 Å². The Kier molecular flexibility index (Phi) is 5.64. The molecule has 0 aliphatic rings. The summed E-state index contributed by atoms with van der Waals surface area (Å²) in [6.45, 7) is 4.36. The van der Waals surface area contributed by atoms with E-state index in [1.807, 2.05) is 18.2 Å². The number of hydrogen-bond donors (Lipinski definition) is 1. The third kappa shape index (κ3) is 4.11. The predicted octanol–water partition coefficient (Wildman–Crippen LogP) is 1.73. The van der Waals surface area contributed by atoms with Crippen LogP contribution < -0.4 is 0 Å². The Bertz CT molecular complexity index is 501. The minimum atomic E-state index is 0.130. The van der Waals surface area contributed by atoms with Crippen molar-refractivity contribution in [2.45, 2.75) is 26.3 Å². The molecular weight excluding hydrogens is 256 g/mol. The molecule has 2 rings (SSSR count). The van der Waals surface area contributed by atoms with E-state index in [-0.39, 0.29) is 6.61 Å². The molecule has 2 aromatic rings. The Morgan fingerprint density at radius 1 is 1.30 bits per heavy atom. The monoisotopic (exact) mass is 276 g/mol. The summed E-state index contributed by atoms with van der Waals surface area (Å²) in [5, 5.41) is 13.0. The summed E-state index contributed by atoms with van der Waals surface area (Å²) < 4.78 is 5.25. The fraction of sp³-hybridized carbons (Fsp3) is 0.500. The fourth-order valence-electron chi connectivity index (χ4n) is 1.90. The normalized spacial score (nSPS) is 11.2. The highest BCUT2D eigenvalue weighted by atomic mass is 16.5. The largest absolute Gasteiger partial charge is 0.395 e. The molecule has 0 amide bonds. The molecule has 0 aliphatic heterocycles. The van der Waals surface area contributed by atoms with Gasteiger partial charge in [-0.2, -0.15) is 4.98 Å². The van der Waals surface area contributed by atoms with E-state index in [4.69, 9.17) is 9.63 Å². The quantitative estimate of drug-likeness (QED) is 0.791. The lowest BCUT2D eigenvalue weighted by Crippen LogP contribution is -2.27. The van der Waals surface area contributed by atoms with Crippen LogP contribution in [-0.4, -0.2) is 44.8 Å². The van der Waals surface area contributed by atoms with Gasteiger partial charge in [-0.3, -0.25) is 9.88 Å². The highest BCUT2D eigenvalue weighted by molar-refractivity contribution is 5.46. The summed E-state index contributed by atoms with van der Waals surface area (Å²) in [6.07, 6.45) is 3.90. The van der Waals surface area contributed by atoms with Gasteiger partial charge in [-0.25, -0.2) is 0 Å². The Labute approximate surface area is 118 Å². The Morgan fingerprint density at radius 3 is 2.90 bits per heavy atom. The van der Waals surface area contributed by atoms with Gasteiger partial charge in [0.2, 0.25) is 11.7 Å². The number of aromatic nitrogens is 3. The minimum Gasteiger partial charge on any atom is -0.395 e. The first kappa shape index (κ1) is 14.6. The van der Waals surface area contributed by atoms with Gasteiger partial charge in [-0.05, 0) is 25.1 Å². The Balaban J connectivity index is 2.00. The lowest BCUT2D eigenvalue weighted by molar-refractivity contribution is 0.172. The van der Waals surface area contributed by atoms with Crippen molar-refractivity contribution in [1.29, 1.82) is 0 Å². The fourth-order valence-corrected chi connectivity index (χ4v) is 1.90. The lowest BCUT2D eigenvalue weighted by Gasteiger charge is -2.18. The lowest BCUT2D eigenvalue weighted by atomic mass is 10.3. The molecule has 0 atom stereocenters. The zero-order valence-electron chi connectivity index (χ0n) is 11.7. The first-order valence-electron chi connectivity index (χ1n) is 6.90. The molecule has 0 unspecified atom stereocenters. The van der Waals surface area contributed by atoms with E-state index in [0.29, 0.717) is 30.5 Å². The second kappa shape index (κ2) is 7.72. The first-order chi connectivity index (χ1) is 9.83. The number of aliphatic hydroxyl groups excluding tert-OH is 1. The maximum Gasteiger partial charge on any atom is 0.241 e. The van der Waals surface area contributed by atoms with Crippen LogP contribution in [0.4, 0.5) is 0 Å². The van der Waals surface area contributed by atoms with Gasteiger partial charge in [0.1, 0.15) is 5.69 Å². The van der Waals surface area contributed by atoms with E-state index in [2.05, 4.69) is 26.9 Å². The molecular formula is C14H20N4O2. The van der Waals surface area contributed by atoms with Crippen molar-refractivity contribution >= 4 is 0 Å². The van der Waals surface area contributed by atoms with Crippen LogP contribution in [0, 0.1) is 0 Å². The molecule has 2 heterocycles. The van der Waals surface area contributed by atoms with Crippen LogP contribution in [0.15, 0.2) is 28.9 Å². The zero-order chi connectivity index (χ0) is 14.2. The molecule has 0 saturated carbocycles. The molecule has 0 saturated heterocycles. The Hall–Kier alpha value is -1.79. The third-order valence-electron chi connectivity index (χ3n) is 2.97. The molecule has 0 bridgehead atoms. The molecule has 0 fully saturated rings. The second-order valence-electron chi connectivity index (χ2n) is 4.58. The standard InChI is InChI=1S/C14H20N4O2/c1-2-3-8-18(9-10-19)11-13-16-14(17-20-13)12-6-4-5-7-15-12/h4-7,19H,2-3,8-11H2,1H3. The van der Waals surface area contributed by atoms with Crippen molar-refractivity contribution in [1.82, 2.24) is 20.0 Å². The maximum absolute atomic E-state index is 9.08. The van der Waals surface area contributed by atoms with Crippen LogP contribution in [0.1, 0.15) is 25.7 Å². The summed E-state index contributed by atoms with van der Waals surface area (Å²) in [7, 11) is 0. The van der Waals surface area contributed by atoms with Gasteiger partial charge in [0.25, 0.3) is 0 Å². The van der Waals surface area contributed by atoms with Crippen LogP contribution in [0.2, 0.25) is 0 Å². The predicted molar refractivity (Wildman–Crippen MR) is 74.8 cm³/mol. The van der Waals surface area contributed by atoms with Crippen LogP contribution in [0.5, 0.6) is 0 Å². The summed E-state index contributed by atoms with van der Waals surface area (Å²) in [5.41, 5.74) is 0.699. The van der Waals surface area contributed by atoms with Gasteiger partial charge in [0, 0.05) is 12.7 Å². The molecule has 6 nitrogen and oxygen atoms in total. The first-order valence-corrected chi connectivity index (χ1v) is 6.90. The molecule has 108 valence electrons. The number of pyridine rings is 1. The van der Waals surface area contributed by atoms with Crippen LogP contribution in [0.25, 0.3) is 11.5 Å². The van der Waals surface area contributed by atoms with Crippen molar-refractivity contribution < 1.29 is 9.63 Å². The number of aliphatic hydroxyl groups is 1. The summed E-state index contributed by atoms with van der Waals surface area (Å²) in [4.78, 5) is 10.6. The zero-order valence-corrected chi connectivity index (χ0v) is 11.7. The summed E-state index contributed by atoms with van der Waals surface area (Å²) in [5.74, 6) is 1.05. The van der Waals surface area contributed by atoms with Gasteiger partial charge in [-0.15, -0.1) is 0 Å². The second-order valence-corrected chi connectivity index (χ2v) is 4.58. The highest BCUT2D eigenvalue weighted by Gasteiger charge is 2.13. The van der Waals surface area contributed by atoms with E-state index in [9.17, 15) is 0 Å². The average Bonchev–Trinajstić information content (AvgIpc) is 2.94. The highest BCUT2D eigenvalue weighted by Crippen LogP contribution is 2.13. The topological polar surface area (TPSA) is 75.3 Å². The summed E-state index contributed by atoms with van der Waals surface area (Å²) in [6, 6.07) is 5.58. The Morgan fingerprint density at radius 2 is 2.20 bits per heavy atom. The maximum atomic E-state index is 9.08. The van der Waals surface area contributed by atoms with Crippen LogP contribution >= 0.6 is 0 Å². The minimum absolute atomic E-state index is 0.130. The van der Waals surface area contributed by atoms with E-state index in [0.717, 1.165) is 19.4 Å². The molecule has 0 aromatic carbocycles. The SMILES string of the molecule is CCCCN(CCO)Cc1nc(-c2ccccn2)no1. The number of unbranched alkanes of at least 4 members (excludes halogenated alkanes) is 1. The van der Waals surface area contributed by atoms with Crippen molar-refractivity contribution in [3.8, 4) is 11.5 Å². The molecule has 1 N–H and O–H groups in total. The number of hydrogen-bond acceptors (Lipinski definition) is 6. The molecule has 2 aromatic heterocycles. The van der Waals surface area contributed by atoms with E-state index in [1.54, 1.807) is 6.20 Å². The van der Waals surface area contributed by atoms with Gasteiger partial charge in [-0.1, -0.05) is 24.6 Å². The molecule has 0 radical (unpaired) electrons. The molecule has 20 heavy (non-hydrogen) atoms. The summed E-state index contributed by atoms with van der Waals surface area (Å²) >= 11 is 0. The van der Waals surface area contributed by atoms with Crippen LogP contribution in [0.3, 0.4) is 0 Å². The third-order valence-corrected chi connectivity index (χ3v) is 2.97. The molecule has 0 aliphatic carbocycles. The van der Waals surface area contributed by atoms with Gasteiger partial charge in [0.15, 0.2) is 0 Å². The van der Waals surface area contributed by atoms with Crippen LogP contribution in [-0.2, 0) is 6.54 Å². The van der Waals surface area contributed by atoms with E-state index < -0.39 is 0 Å². The van der Waals surface area contributed by atoms with Gasteiger partial charge in [0.05, 0.1) is 13.2 Å². The van der Waals surface area contributed by atoms with Crippen molar-refractivity contribution in [2.24, 2.45) is 0 Å². The smallest absolute Gasteiger partial charge is 0.241 e. The number of rotatable bonds is 8. The molecule has 0 spiro atoms. The van der Waals surface area contributed by atoms with E-state index >= 15 is 0 Å². The average molecular weight is 276 g/mol. The van der Waals surface area contributed by atoms with Crippen molar-refractivity contribution in [2.75, 3.05) is 19.7 Å². The number of nitrogens with zero attached hydrogens (tertiary/aromatic N) is 4.